The maximum Gasteiger partial charge on any atom is 0.336 e. The molecular formula is C26H26O7. The second-order valence-corrected chi connectivity index (χ2v) is 7.56. The van der Waals surface area contributed by atoms with Crippen LogP contribution in [0.5, 0.6) is 11.5 Å². The Morgan fingerprint density at radius 3 is 2.30 bits per heavy atom. The van der Waals surface area contributed by atoms with E-state index in [4.69, 9.17) is 9.47 Å². The number of ether oxygens (including phenoxy) is 2. The molecule has 0 spiro atoms. The molecule has 3 aromatic rings. The van der Waals surface area contributed by atoms with Crippen LogP contribution >= 0.6 is 0 Å². The molecule has 172 valence electrons. The van der Waals surface area contributed by atoms with Crippen LogP contribution < -0.4 is 9.47 Å². The third kappa shape index (κ3) is 5.70. The number of aliphatic hydroxyl groups excluding tert-OH is 1. The van der Waals surface area contributed by atoms with Gasteiger partial charge in [-0.15, -0.1) is 0 Å². The fourth-order valence-corrected chi connectivity index (χ4v) is 3.44. The number of carboxylic acid groups (broad SMARTS) is 2. The highest BCUT2D eigenvalue weighted by Gasteiger charge is 2.19. The summed E-state index contributed by atoms with van der Waals surface area (Å²) in [5.41, 5.74) is 1.48. The molecule has 0 aliphatic heterocycles. The van der Waals surface area contributed by atoms with Crippen LogP contribution in [0.3, 0.4) is 0 Å². The van der Waals surface area contributed by atoms with Crippen molar-refractivity contribution in [3.05, 3.63) is 83.4 Å². The summed E-state index contributed by atoms with van der Waals surface area (Å²) in [6.07, 6.45) is -0.472. The Kier molecular flexibility index (Phi) is 7.69. The second kappa shape index (κ2) is 10.7. The van der Waals surface area contributed by atoms with E-state index in [9.17, 15) is 24.9 Å². The zero-order valence-electron chi connectivity index (χ0n) is 18.4. The van der Waals surface area contributed by atoms with E-state index in [-0.39, 0.29) is 17.7 Å². The lowest BCUT2D eigenvalue weighted by atomic mass is 9.97. The largest absolute Gasteiger partial charge is 0.488 e. The number of carbonyl (C=O) groups is 2. The highest BCUT2D eigenvalue weighted by molar-refractivity contribution is 5.99. The monoisotopic (exact) mass is 450 g/mol. The van der Waals surface area contributed by atoms with Crippen molar-refractivity contribution in [2.45, 2.75) is 39.1 Å². The molecule has 0 bridgehead atoms. The van der Waals surface area contributed by atoms with Crippen molar-refractivity contribution < 1.29 is 34.4 Å². The molecule has 2 unspecified atom stereocenters. The SMILES string of the molecule is CCC(O)C(C)Oc1ccccc1COc1cccc(C(=O)O)c1-c1cccc(C(=O)O)c1. The lowest BCUT2D eigenvalue weighted by Gasteiger charge is -2.21. The molecule has 3 aromatic carbocycles. The average molecular weight is 450 g/mol. The van der Waals surface area contributed by atoms with Gasteiger partial charge in [0.1, 0.15) is 24.2 Å². The number of rotatable bonds is 10. The van der Waals surface area contributed by atoms with Gasteiger partial charge in [-0.25, -0.2) is 9.59 Å². The first-order valence-corrected chi connectivity index (χ1v) is 10.6. The highest BCUT2D eigenvalue weighted by atomic mass is 16.5. The topological polar surface area (TPSA) is 113 Å². The summed E-state index contributed by atoms with van der Waals surface area (Å²) in [5.74, 6) is -1.40. The van der Waals surface area contributed by atoms with E-state index in [1.165, 1.54) is 18.2 Å². The number of benzene rings is 3. The van der Waals surface area contributed by atoms with Crippen LogP contribution in [0, 0.1) is 0 Å². The molecule has 0 amide bonds. The minimum Gasteiger partial charge on any atom is -0.488 e. The van der Waals surface area contributed by atoms with Gasteiger partial charge in [-0.05, 0) is 49.2 Å². The molecule has 7 nitrogen and oxygen atoms in total. The minimum absolute atomic E-state index is 0.000681. The van der Waals surface area contributed by atoms with Gasteiger partial charge >= 0.3 is 11.9 Å². The summed E-state index contributed by atoms with van der Waals surface area (Å²) < 4.78 is 11.9. The molecule has 0 saturated heterocycles. The summed E-state index contributed by atoms with van der Waals surface area (Å²) >= 11 is 0. The van der Waals surface area contributed by atoms with Crippen LogP contribution in [0.1, 0.15) is 46.5 Å². The van der Waals surface area contributed by atoms with E-state index in [0.29, 0.717) is 29.0 Å². The third-order valence-electron chi connectivity index (χ3n) is 5.28. The Labute approximate surface area is 191 Å². The smallest absolute Gasteiger partial charge is 0.336 e. The van der Waals surface area contributed by atoms with Gasteiger partial charge < -0.3 is 24.8 Å². The molecule has 0 fully saturated rings. The van der Waals surface area contributed by atoms with Crippen LogP contribution in [0.4, 0.5) is 0 Å². The third-order valence-corrected chi connectivity index (χ3v) is 5.28. The summed E-state index contributed by atoms with van der Waals surface area (Å²) in [4.78, 5) is 23.3. The zero-order valence-corrected chi connectivity index (χ0v) is 18.4. The number of aromatic carboxylic acids is 2. The lowest BCUT2D eigenvalue weighted by Crippen LogP contribution is -2.28. The van der Waals surface area contributed by atoms with Crippen molar-refractivity contribution in [3.8, 4) is 22.6 Å². The van der Waals surface area contributed by atoms with E-state index >= 15 is 0 Å². The van der Waals surface area contributed by atoms with E-state index in [1.807, 2.05) is 25.1 Å². The highest BCUT2D eigenvalue weighted by Crippen LogP contribution is 2.35. The number of carboxylic acids is 2. The predicted molar refractivity (Wildman–Crippen MR) is 123 cm³/mol. The second-order valence-electron chi connectivity index (χ2n) is 7.56. The van der Waals surface area contributed by atoms with Crippen molar-refractivity contribution >= 4 is 11.9 Å². The van der Waals surface area contributed by atoms with Gasteiger partial charge in [0.05, 0.1) is 17.2 Å². The first kappa shape index (κ1) is 23.8. The van der Waals surface area contributed by atoms with Gasteiger partial charge in [0.25, 0.3) is 0 Å². The number of aliphatic hydroxyl groups is 1. The van der Waals surface area contributed by atoms with E-state index < -0.39 is 24.1 Å². The van der Waals surface area contributed by atoms with Crippen molar-refractivity contribution in [1.29, 1.82) is 0 Å². The fourth-order valence-electron chi connectivity index (χ4n) is 3.44. The van der Waals surface area contributed by atoms with Gasteiger partial charge in [0.15, 0.2) is 0 Å². The number of hydrogen-bond donors (Lipinski definition) is 3. The maximum absolute atomic E-state index is 11.9. The standard InChI is InChI=1S/C26H26O7/c1-3-21(27)16(2)33-22-12-5-4-8-19(22)15-32-23-13-7-11-20(26(30)31)24(23)17-9-6-10-18(14-17)25(28)29/h4-14,16,21,27H,3,15H2,1-2H3,(H,28,29)(H,30,31). The molecule has 0 aromatic heterocycles. The van der Waals surface area contributed by atoms with E-state index in [1.54, 1.807) is 37.3 Å². The van der Waals surface area contributed by atoms with E-state index in [0.717, 1.165) is 5.56 Å². The lowest BCUT2D eigenvalue weighted by molar-refractivity contribution is 0.0440. The van der Waals surface area contributed by atoms with Crippen molar-refractivity contribution in [2.24, 2.45) is 0 Å². The molecule has 0 aliphatic rings. The Balaban J connectivity index is 1.95. The van der Waals surface area contributed by atoms with Crippen molar-refractivity contribution in [3.63, 3.8) is 0 Å². The van der Waals surface area contributed by atoms with Gasteiger partial charge in [-0.1, -0.05) is 43.3 Å². The first-order chi connectivity index (χ1) is 15.8. The predicted octanol–water partition coefficient (Wildman–Crippen LogP) is 4.87. The zero-order chi connectivity index (χ0) is 24.0. The Morgan fingerprint density at radius 1 is 0.909 bits per heavy atom. The van der Waals surface area contributed by atoms with Crippen LogP contribution in [-0.4, -0.2) is 39.5 Å². The Hall–Kier alpha value is -3.84. The van der Waals surface area contributed by atoms with Crippen LogP contribution in [-0.2, 0) is 6.61 Å². The van der Waals surface area contributed by atoms with Gasteiger partial charge in [-0.3, -0.25) is 0 Å². The maximum atomic E-state index is 11.9. The van der Waals surface area contributed by atoms with Gasteiger partial charge in [0.2, 0.25) is 0 Å². The van der Waals surface area contributed by atoms with Crippen molar-refractivity contribution in [2.75, 3.05) is 0 Å². The molecule has 33 heavy (non-hydrogen) atoms. The molecule has 0 heterocycles. The van der Waals surface area contributed by atoms with Crippen LogP contribution in [0.15, 0.2) is 66.7 Å². The van der Waals surface area contributed by atoms with Crippen molar-refractivity contribution in [1.82, 2.24) is 0 Å². The molecule has 3 N–H and O–H groups in total. The average Bonchev–Trinajstić information content (AvgIpc) is 2.82. The minimum atomic E-state index is -1.15. The normalized spacial score (nSPS) is 12.6. The molecular weight excluding hydrogens is 424 g/mol. The molecule has 0 aliphatic carbocycles. The fraction of sp³-hybridized carbons (Fsp3) is 0.231. The summed E-state index contributed by atoms with van der Waals surface area (Å²) in [6.45, 7) is 3.74. The molecule has 3 rings (SSSR count). The number of hydrogen-bond acceptors (Lipinski definition) is 5. The summed E-state index contributed by atoms with van der Waals surface area (Å²) in [6, 6.07) is 18.0. The molecule has 0 radical (unpaired) electrons. The van der Waals surface area contributed by atoms with Gasteiger partial charge in [0, 0.05) is 11.1 Å². The Morgan fingerprint density at radius 2 is 1.61 bits per heavy atom. The molecule has 2 atom stereocenters. The van der Waals surface area contributed by atoms with Crippen LogP contribution in [0.25, 0.3) is 11.1 Å². The Bertz CT molecular complexity index is 1140. The van der Waals surface area contributed by atoms with E-state index in [2.05, 4.69) is 0 Å². The number of para-hydroxylation sites is 1. The summed E-state index contributed by atoms with van der Waals surface area (Å²) in [7, 11) is 0. The molecule has 7 heteroatoms. The quantitative estimate of drug-likeness (QED) is 0.404. The van der Waals surface area contributed by atoms with Gasteiger partial charge in [-0.2, -0.15) is 0 Å². The van der Waals surface area contributed by atoms with Crippen LogP contribution in [0.2, 0.25) is 0 Å². The molecule has 0 saturated carbocycles. The first-order valence-electron chi connectivity index (χ1n) is 10.6. The summed E-state index contributed by atoms with van der Waals surface area (Å²) in [5, 5.41) is 29.1.